The molecule has 3 aromatic heterocycles. The van der Waals surface area contributed by atoms with Crippen LogP contribution in [0, 0.1) is 5.92 Å². The molecule has 4 heterocycles. The number of aromatic amines is 1. The van der Waals surface area contributed by atoms with Crippen LogP contribution in [-0.4, -0.2) is 39.8 Å². The van der Waals surface area contributed by atoms with Crippen LogP contribution in [0.15, 0.2) is 30.5 Å². The number of halogens is 3. The van der Waals surface area contributed by atoms with E-state index in [-0.39, 0.29) is 13.0 Å². The molecule has 138 valence electrons. The number of H-pyrrole nitrogens is 1. The van der Waals surface area contributed by atoms with Gasteiger partial charge in [-0.05, 0) is 43.1 Å². The first kappa shape index (κ1) is 16.8. The zero-order valence-corrected chi connectivity index (χ0v) is 13.8. The Labute approximate surface area is 148 Å². The molecule has 0 aliphatic carbocycles. The summed E-state index contributed by atoms with van der Waals surface area (Å²) in [4.78, 5) is 10.4. The van der Waals surface area contributed by atoms with Crippen molar-refractivity contribution in [3.63, 3.8) is 0 Å². The molecule has 3 N–H and O–H groups in total. The lowest BCUT2D eigenvalue weighted by atomic mass is 10.1. The fourth-order valence-electron chi connectivity index (χ4n) is 3.25. The molecule has 0 spiro atoms. The van der Waals surface area contributed by atoms with Crippen LogP contribution >= 0.6 is 0 Å². The van der Waals surface area contributed by atoms with E-state index in [4.69, 9.17) is 5.73 Å². The summed E-state index contributed by atoms with van der Waals surface area (Å²) in [6, 6.07) is 5.60. The van der Waals surface area contributed by atoms with Crippen LogP contribution in [-0.2, 0) is 6.18 Å². The number of aromatic nitrogens is 4. The predicted octanol–water partition coefficient (Wildman–Crippen LogP) is 3.07. The summed E-state index contributed by atoms with van der Waals surface area (Å²) in [5.74, 6) is 0.574. The van der Waals surface area contributed by atoms with Gasteiger partial charge in [0.25, 0.3) is 0 Å². The molecule has 26 heavy (non-hydrogen) atoms. The maximum Gasteiger partial charge on any atom is 0.416 e. The maximum atomic E-state index is 13.4. The summed E-state index contributed by atoms with van der Waals surface area (Å²) in [7, 11) is 0. The number of pyridine rings is 2. The van der Waals surface area contributed by atoms with E-state index >= 15 is 0 Å². The summed E-state index contributed by atoms with van der Waals surface area (Å²) in [6.07, 6.45) is -2.04. The number of nitrogens with zero attached hydrogens (tertiary/aromatic N) is 4. The Morgan fingerprint density at radius 1 is 1.35 bits per heavy atom. The molecule has 1 fully saturated rings. The number of nitrogens with one attached hydrogen (secondary N) is 1. The number of rotatable bonds is 3. The van der Waals surface area contributed by atoms with Crippen molar-refractivity contribution in [2.24, 2.45) is 11.7 Å². The van der Waals surface area contributed by atoms with E-state index in [1.807, 2.05) is 4.90 Å². The van der Waals surface area contributed by atoms with Crippen molar-refractivity contribution in [1.82, 2.24) is 20.2 Å². The third-order valence-corrected chi connectivity index (χ3v) is 4.67. The van der Waals surface area contributed by atoms with Gasteiger partial charge in [-0.3, -0.25) is 5.10 Å². The van der Waals surface area contributed by atoms with E-state index < -0.39 is 11.7 Å². The van der Waals surface area contributed by atoms with Gasteiger partial charge in [-0.2, -0.15) is 18.3 Å². The fourth-order valence-corrected chi connectivity index (χ4v) is 3.25. The zero-order chi connectivity index (χ0) is 18.3. The molecule has 3 aromatic rings. The quantitative estimate of drug-likeness (QED) is 0.746. The molecule has 1 aliphatic heterocycles. The van der Waals surface area contributed by atoms with Gasteiger partial charge in [0.15, 0.2) is 5.65 Å². The van der Waals surface area contributed by atoms with Crippen molar-refractivity contribution < 1.29 is 14.6 Å². The van der Waals surface area contributed by atoms with Crippen LogP contribution in [0.4, 0.5) is 19.0 Å². The van der Waals surface area contributed by atoms with E-state index in [9.17, 15) is 13.2 Å². The molecule has 1 aliphatic rings. The molecule has 0 amide bonds. The second-order valence-electron chi connectivity index (χ2n) is 6.41. The Bertz CT molecular complexity index is 942. The van der Waals surface area contributed by atoms with E-state index in [0.29, 0.717) is 42.2 Å². The highest BCUT2D eigenvalue weighted by molar-refractivity contribution is 5.89. The number of alkyl halides is 3. The minimum Gasteiger partial charge on any atom is -0.356 e. The maximum absolute atomic E-state index is 13.4. The van der Waals surface area contributed by atoms with Crippen LogP contribution in [0.1, 0.15) is 13.4 Å². The van der Waals surface area contributed by atoms with Crippen molar-refractivity contribution in [3.8, 4) is 11.4 Å². The average Bonchev–Trinajstić information content (AvgIpc) is 3.27. The molecule has 0 unspecified atom stereocenters. The summed E-state index contributed by atoms with van der Waals surface area (Å²) >= 11 is 0. The first-order valence-corrected chi connectivity index (χ1v) is 8.29. The SMILES string of the molecule is NC[C@@H]1CCN(c2cc(C(F)(F)F)cc(-c3[nH]nc4ncccc34)n2)C1.[HH]. The Balaban J connectivity index is 0.00000210. The molecule has 4 rings (SSSR count). The van der Waals surface area contributed by atoms with Gasteiger partial charge in [-0.25, -0.2) is 9.97 Å². The summed E-state index contributed by atoms with van der Waals surface area (Å²) in [6.45, 7) is 1.76. The van der Waals surface area contributed by atoms with Gasteiger partial charge in [0, 0.05) is 26.1 Å². The van der Waals surface area contributed by atoms with Crippen molar-refractivity contribution in [1.29, 1.82) is 0 Å². The molecule has 0 aromatic carbocycles. The first-order valence-electron chi connectivity index (χ1n) is 8.29. The van der Waals surface area contributed by atoms with E-state index in [1.54, 1.807) is 18.3 Å². The lowest BCUT2D eigenvalue weighted by Gasteiger charge is -2.20. The highest BCUT2D eigenvalue weighted by Crippen LogP contribution is 2.36. The number of fused-ring (bicyclic) bond motifs is 1. The largest absolute Gasteiger partial charge is 0.416 e. The summed E-state index contributed by atoms with van der Waals surface area (Å²) in [5, 5.41) is 7.45. The van der Waals surface area contributed by atoms with Gasteiger partial charge < -0.3 is 10.6 Å². The Kier molecular flexibility index (Phi) is 4.03. The van der Waals surface area contributed by atoms with Crippen molar-refractivity contribution >= 4 is 16.9 Å². The van der Waals surface area contributed by atoms with Crippen LogP contribution in [0.3, 0.4) is 0 Å². The lowest BCUT2D eigenvalue weighted by Crippen LogP contribution is -2.24. The Hall–Kier alpha value is -2.68. The molecule has 0 bridgehead atoms. The minimum atomic E-state index is -4.46. The molecule has 0 radical (unpaired) electrons. The fraction of sp³-hybridized carbons (Fsp3) is 0.353. The smallest absolute Gasteiger partial charge is 0.356 e. The van der Waals surface area contributed by atoms with Gasteiger partial charge >= 0.3 is 6.18 Å². The second-order valence-corrected chi connectivity index (χ2v) is 6.41. The zero-order valence-electron chi connectivity index (χ0n) is 13.8. The minimum absolute atomic E-state index is 0. The third-order valence-electron chi connectivity index (χ3n) is 4.67. The number of nitrogens with two attached hydrogens (primary N) is 1. The van der Waals surface area contributed by atoms with E-state index in [0.717, 1.165) is 18.6 Å². The van der Waals surface area contributed by atoms with Crippen molar-refractivity contribution in [3.05, 3.63) is 36.0 Å². The lowest BCUT2D eigenvalue weighted by molar-refractivity contribution is -0.137. The van der Waals surface area contributed by atoms with Crippen molar-refractivity contribution in [2.75, 3.05) is 24.5 Å². The molecule has 9 heteroatoms. The molecular formula is C17H19F3N6. The highest BCUT2D eigenvalue weighted by atomic mass is 19.4. The number of anilines is 1. The second kappa shape index (κ2) is 6.24. The number of hydrogen-bond donors (Lipinski definition) is 2. The molecule has 6 nitrogen and oxygen atoms in total. The first-order chi connectivity index (χ1) is 12.5. The number of hydrogen-bond acceptors (Lipinski definition) is 5. The standard InChI is InChI=1S/C17H17F3N6.H2/c18-17(19,20)11-6-13(15-12-2-1-4-22-16(12)25-24-15)23-14(7-11)26-5-3-10(8-21)9-26;/h1-2,4,6-7,10H,3,5,8-9,21H2,(H,22,24,25);1H/t10-;/m0./s1. The van der Waals surface area contributed by atoms with E-state index in [1.165, 1.54) is 0 Å². The van der Waals surface area contributed by atoms with Crippen LogP contribution in [0.25, 0.3) is 22.4 Å². The topological polar surface area (TPSA) is 83.7 Å². The van der Waals surface area contributed by atoms with Gasteiger partial charge in [-0.15, -0.1) is 0 Å². The Morgan fingerprint density at radius 2 is 2.19 bits per heavy atom. The normalized spacial score (nSPS) is 18.0. The van der Waals surface area contributed by atoms with E-state index in [2.05, 4.69) is 20.2 Å². The van der Waals surface area contributed by atoms with Gasteiger partial charge in [0.1, 0.15) is 5.82 Å². The van der Waals surface area contributed by atoms with Crippen LogP contribution in [0.2, 0.25) is 0 Å². The summed E-state index contributed by atoms with van der Waals surface area (Å²) < 4.78 is 40.3. The van der Waals surface area contributed by atoms with Gasteiger partial charge in [0.05, 0.1) is 17.0 Å². The average molecular weight is 364 g/mol. The van der Waals surface area contributed by atoms with Gasteiger partial charge in [0.2, 0.25) is 0 Å². The van der Waals surface area contributed by atoms with Gasteiger partial charge in [-0.1, -0.05) is 0 Å². The monoisotopic (exact) mass is 364 g/mol. The Morgan fingerprint density at radius 3 is 2.92 bits per heavy atom. The molecule has 0 saturated carbocycles. The molecular weight excluding hydrogens is 345 g/mol. The highest BCUT2D eigenvalue weighted by Gasteiger charge is 2.33. The molecule has 1 saturated heterocycles. The van der Waals surface area contributed by atoms with Crippen molar-refractivity contribution in [2.45, 2.75) is 12.6 Å². The molecule has 1 atom stereocenters. The van der Waals surface area contributed by atoms with Crippen LogP contribution < -0.4 is 10.6 Å². The predicted molar refractivity (Wildman–Crippen MR) is 93.6 cm³/mol. The summed E-state index contributed by atoms with van der Waals surface area (Å²) in [5.41, 5.74) is 6.02. The third kappa shape index (κ3) is 2.98. The van der Waals surface area contributed by atoms with Crippen LogP contribution in [0.5, 0.6) is 0 Å².